The highest BCUT2D eigenvalue weighted by Gasteiger charge is 2.17. The largest absolute Gasteiger partial charge is 0.477 e. The van der Waals surface area contributed by atoms with E-state index in [1.54, 1.807) is 6.26 Å². The number of rotatable bonds is 3. The fourth-order valence-electron chi connectivity index (χ4n) is 1.62. The van der Waals surface area contributed by atoms with Gasteiger partial charge in [-0.3, -0.25) is 4.21 Å². The van der Waals surface area contributed by atoms with Crippen molar-refractivity contribution in [1.82, 2.24) is 0 Å². The molecule has 0 spiro atoms. The first kappa shape index (κ1) is 11.3. The monoisotopic (exact) mass is 254 g/mol. The van der Waals surface area contributed by atoms with Crippen LogP contribution in [0.25, 0.3) is 10.1 Å². The summed E-state index contributed by atoms with van der Waals surface area (Å²) in [6.07, 6.45) is 1.58. The zero-order valence-electron chi connectivity index (χ0n) is 8.60. The summed E-state index contributed by atoms with van der Waals surface area (Å²) in [5.74, 6) is -0.646. The first-order chi connectivity index (χ1) is 7.59. The van der Waals surface area contributed by atoms with Crippen LogP contribution in [0.1, 0.15) is 15.2 Å². The Kier molecular flexibility index (Phi) is 3.07. The van der Waals surface area contributed by atoms with Crippen LogP contribution in [0.5, 0.6) is 0 Å². The van der Waals surface area contributed by atoms with Crippen molar-refractivity contribution in [1.29, 1.82) is 0 Å². The van der Waals surface area contributed by atoms with E-state index < -0.39 is 16.8 Å². The molecule has 5 heteroatoms. The van der Waals surface area contributed by atoms with Crippen LogP contribution >= 0.6 is 11.3 Å². The second kappa shape index (κ2) is 4.35. The molecule has 0 aliphatic rings. The van der Waals surface area contributed by atoms with Gasteiger partial charge in [0.25, 0.3) is 0 Å². The highest BCUT2D eigenvalue weighted by atomic mass is 32.2. The normalized spacial score (nSPS) is 12.8. The number of hydrogen-bond donors (Lipinski definition) is 1. The molecule has 2 rings (SSSR count). The molecule has 84 valence electrons. The molecule has 2 aromatic rings. The Morgan fingerprint density at radius 1 is 1.44 bits per heavy atom. The molecule has 1 aromatic carbocycles. The predicted molar refractivity (Wildman–Crippen MR) is 66.6 cm³/mol. The Morgan fingerprint density at radius 2 is 2.12 bits per heavy atom. The van der Waals surface area contributed by atoms with Gasteiger partial charge in [0.15, 0.2) is 0 Å². The van der Waals surface area contributed by atoms with E-state index in [1.807, 2.05) is 24.3 Å². The molecule has 1 aromatic heterocycles. The second-order valence-corrected chi connectivity index (χ2v) is 5.92. The summed E-state index contributed by atoms with van der Waals surface area (Å²) < 4.78 is 12.2. The number of carboxylic acid groups (broad SMARTS) is 1. The molecule has 0 fully saturated rings. The lowest BCUT2D eigenvalue weighted by atomic mass is 10.1. The zero-order chi connectivity index (χ0) is 11.7. The maximum Gasteiger partial charge on any atom is 0.346 e. The van der Waals surface area contributed by atoms with E-state index in [0.29, 0.717) is 16.2 Å². The number of aromatic carboxylic acids is 1. The van der Waals surface area contributed by atoms with Crippen LogP contribution in [0.2, 0.25) is 0 Å². The lowest BCUT2D eigenvalue weighted by molar-refractivity contribution is 0.0701. The third kappa shape index (κ3) is 2.01. The van der Waals surface area contributed by atoms with Gasteiger partial charge in [-0.25, -0.2) is 4.79 Å². The van der Waals surface area contributed by atoms with Crippen LogP contribution in [0.3, 0.4) is 0 Å². The summed E-state index contributed by atoms with van der Waals surface area (Å²) in [5.41, 5.74) is 0.689. The molecule has 0 radical (unpaired) electrons. The van der Waals surface area contributed by atoms with Gasteiger partial charge in [0.1, 0.15) is 4.88 Å². The number of benzene rings is 1. The van der Waals surface area contributed by atoms with Gasteiger partial charge in [0.2, 0.25) is 0 Å². The van der Waals surface area contributed by atoms with Gasteiger partial charge in [-0.15, -0.1) is 11.3 Å². The van der Waals surface area contributed by atoms with Crippen molar-refractivity contribution in [2.75, 3.05) is 6.26 Å². The minimum Gasteiger partial charge on any atom is -0.477 e. The summed E-state index contributed by atoms with van der Waals surface area (Å²) in [5, 5.41) is 9.99. The number of hydrogen-bond acceptors (Lipinski definition) is 3. The average molecular weight is 254 g/mol. The standard InChI is InChI=1S/C11H10O3S2/c1-16(14)6-8-7-4-2-3-5-9(7)15-10(8)11(12)13/h2-5H,6H2,1H3,(H,12,13)/t16-/m0/s1. The maximum atomic E-state index is 11.3. The van der Waals surface area contributed by atoms with Crippen LogP contribution in [0.4, 0.5) is 0 Å². The van der Waals surface area contributed by atoms with Gasteiger partial charge in [-0.05, 0) is 17.0 Å². The number of carboxylic acids is 1. The van der Waals surface area contributed by atoms with Gasteiger partial charge < -0.3 is 5.11 Å². The lowest BCUT2D eigenvalue weighted by Crippen LogP contribution is -2.00. The molecule has 0 amide bonds. The van der Waals surface area contributed by atoms with Crippen LogP contribution in [0, 0.1) is 0 Å². The smallest absolute Gasteiger partial charge is 0.346 e. The topological polar surface area (TPSA) is 54.4 Å². The molecule has 0 saturated heterocycles. The molecule has 0 bridgehead atoms. The molecule has 0 aliphatic carbocycles. The van der Waals surface area contributed by atoms with Crippen molar-refractivity contribution in [3.8, 4) is 0 Å². The maximum absolute atomic E-state index is 11.3. The molecule has 0 unspecified atom stereocenters. The average Bonchev–Trinajstić information content (AvgIpc) is 2.57. The molecule has 0 aliphatic heterocycles. The first-order valence-electron chi connectivity index (χ1n) is 4.63. The van der Waals surface area contributed by atoms with E-state index >= 15 is 0 Å². The van der Waals surface area contributed by atoms with Crippen molar-refractivity contribution < 1.29 is 14.1 Å². The van der Waals surface area contributed by atoms with Gasteiger partial charge in [-0.2, -0.15) is 0 Å². The van der Waals surface area contributed by atoms with E-state index in [0.717, 1.165) is 10.1 Å². The van der Waals surface area contributed by atoms with Crippen molar-refractivity contribution in [2.45, 2.75) is 5.75 Å². The van der Waals surface area contributed by atoms with E-state index in [4.69, 9.17) is 5.11 Å². The fraction of sp³-hybridized carbons (Fsp3) is 0.182. The van der Waals surface area contributed by atoms with E-state index in [9.17, 15) is 9.00 Å². The molecular weight excluding hydrogens is 244 g/mol. The van der Waals surface area contributed by atoms with Gasteiger partial charge in [0.05, 0.1) is 5.75 Å². The minimum atomic E-state index is -1.03. The van der Waals surface area contributed by atoms with Crippen molar-refractivity contribution in [3.05, 3.63) is 34.7 Å². The molecule has 3 nitrogen and oxygen atoms in total. The highest BCUT2D eigenvalue weighted by Crippen LogP contribution is 2.31. The molecular formula is C11H10O3S2. The number of carbonyl (C=O) groups is 1. The summed E-state index contributed by atoms with van der Waals surface area (Å²) in [7, 11) is -1.03. The summed E-state index contributed by atoms with van der Waals surface area (Å²) >= 11 is 1.24. The number of thiophene rings is 1. The molecule has 1 atom stereocenters. The van der Waals surface area contributed by atoms with Crippen molar-refractivity contribution >= 4 is 38.2 Å². The Morgan fingerprint density at radius 3 is 2.75 bits per heavy atom. The lowest BCUT2D eigenvalue weighted by Gasteiger charge is -1.98. The van der Waals surface area contributed by atoms with E-state index in [1.165, 1.54) is 11.3 Å². The van der Waals surface area contributed by atoms with Gasteiger partial charge in [0, 0.05) is 21.8 Å². The SMILES string of the molecule is C[S@](=O)Cc1c(C(=O)O)sc2ccccc12. The summed E-state index contributed by atoms with van der Waals surface area (Å²) in [4.78, 5) is 11.4. The Labute approximate surface area is 99.2 Å². The van der Waals surface area contributed by atoms with E-state index in [2.05, 4.69) is 0 Å². The molecule has 0 saturated carbocycles. The molecule has 1 N–H and O–H groups in total. The Bertz CT molecular complexity index is 572. The quantitative estimate of drug-likeness (QED) is 0.915. The Hall–Kier alpha value is -1.20. The third-order valence-electron chi connectivity index (χ3n) is 2.24. The highest BCUT2D eigenvalue weighted by molar-refractivity contribution is 7.83. The van der Waals surface area contributed by atoms with Crippen LogP contribution in [-0.2, 0) is 16.6 Å². The van der Waals surface area contributed by atoms with Crippen LogP contribution in [-0.4, -0.2) is 21.5 Å². The van der Waals surface area contributed by atoms with Crippen LogP contribution < -0.4 is 0 Å². The third-order valence-corrected chi connectivity index (χ3v) is 4.14. The minimum absolute atomic E-state index is 0.297. The number of fused-ring (bicyclic) bond motifs is 1. The molecule has 1 heterocycles. The zero-order valence-corrected chi connectivity index (χ0v) is 10.2. The van der Waals surface area contributed by atoms with E-state index in [-0.39, 0.29) is 0 Å². The fourth-order valence-corrected chi connectivity index (χ4v) is 3.48. The summed E-state index contributed by atoms with van der Waals surface area (Å²) in [6.45, 7) is 0. The first-order valence-corrected chi connectivity index (χ1v) is 7.17. The van der Waals surface area contributed by atoms with Crippen LogP contribution in [0.15, 0.2) is 24.3 Å². The van der Waals surface area contributed by atoms with Gasteiger partial charge >= 0.3 is 5.97 Å². The summed E-state index contributed by atoms with van der Waals surface area (Å²) in [6, 6.07) is 7.49. The second-order valence-electron chi connectivity index (χ2n) is 3.43. The Balaban J connectivity index is 2.69. The molecule has 16 heavy (non-hydrogen) atoms. The van der Waals surface area contributed by atoms with Crippen molar-refractivity contribution in [2.24, 2.45) is 0 Å². The van der Waals surface area contributed by atoms with Gasteiger partial charge in [-0.1, -0.05) is 18.2 Å². The predicted octanol–water partition coefficient (Wildman–Crippen LogP) is 2.48. The van der Waals surface area contributed by atoms with Crippen molar-refractivity contribution in [3.63, 3.8) is 0 Å².